The molecule has 9 heteroatoms. The maximum absolute atomic E-state index is 11.6. The number of rotatable bonds is 9. The van der Waals surface area contributed by atoms with Crippen molar-refractivity contribution in [2.24, 2.45) is 0 Å². The molecule has 4 rings (SSSR count). The molecule has 2 N–H and O–H groups in total. The highest BCUT2D eigenvalue weighted by Gasteiger charge is 2.35. The third-order valence-electron chi connectivity index (χ3n) is 6.22. The molecular formula is C23H31N5O3S. The lowest BCUT2D eigenvalue weighted by Gasteiger charge is -2.32. The van der Waals surface area contributed by atoms with Crippen molar-refractivity contribution in [3.05, 3.63) is 47.3 Å². The van der Waals surface area contributed by atoms with Gasteiger partial charge in [-0.1, -0.05) is 12.1 Å². The molecule has 0 bridgehead atoms. The fraction of sp³-hybridized carbons (Fsp3) is 0.522. The molecule has 1 unspecified atom stereocenters. The van der Waals surface area contributed by atoms with Crippen molar-refractivity contribution in [1.29, 1.82) is 0 Å². The van der Waals surface area contributed by atoms with E-state index in [1.165, 1.54) is 5.56 Å². The van der Waals surface area contributed by atoms with E-state index in [2.05, 4.69) is 32.2 Å². The van der Waals surface area contributed by atoms with Crippen LogP contribution in [0.15, 0.2) is 30.5 Å². The molecule has 2 aliphatic heterocycles. The Morgan fingerprint density at radius 1 is 1.34 bits per heavy atom. The smallest absolute Gasteiger partial charge is 0.305 e. The molecule has 0 spiro atoms. The minimum absolute atomic E-state index is 0.00492. The van der Waals surface area contributed by atoms with Crippen LogP contribution in [0.2, 0.25) is 0 Å². The monoisotopic (exact) mass is 457 g/mol. The van der Waals surface area contributed by atoms with Crippen molar-refractivity contribution < 1.29 is 14.6 Å². The molecule has 2 aromatic rings. The molecule has 0 radical (unpaired) electrons. The quantitative estimate of drug-likeness (QED) is 0.495. The molecule has 172 valence electrons. The zero-order chi connectivity index (χ0) is 22.5. The van der Waals surface area contributed by atoms with Gasteiger partial charge < -0.3 is 15.2 Å². The number of methoxy groups -OCH3 is 1. The molecule has 1 saturated heterocycles. The Hall–Kier alpha value is -2.36. The standard InChI is InChI=1S/C23H31N5O3S/c1-31-20-9-7-17(15-25-20)19(14-21(29)30)28-13-12-27(23(28)32)11-3-5-18-8-6-16-4-2-10-24-22(16)26-18/h6-9,15,19,23,32H,2-5,10-14H2,1H3,(H,24,26)(H,29,30)/t19-,23?/m0/s1. The maximum Gasteiger partial charge on any atom is 0.305 e. The van der Waals surface area contributed by atoms with Gasteiger partial charge in [0.15, 0.2) is 0 Å². The van der Waals surface area contributed by atoms with Gasteiger partial charge in [0.05, 0.1) is 13.5 Å². The summed E-state index contributed by atoms with van der Waals surface area (Å²) in [4.78, 5) is 25.0. The number of thiol groups is 1. The Bertz CT molecular complexity index is 926. The SMILES string of the molecule is COc1ccc([C@H](CC(=O)O)N2CCN(CCCc3ccc4c(n3)NCCC4)C2S)cn1. The summed E-state index contributed by atoms with van der Waals surface area (Å²) in [6.45, 7) is 3.50. The summed E-state index contributed by atoms with van der Waals surface area (Å²) in [7, 11) is 1.56. The van der Waals surface area contributed by atoms with E-state index >= 15 is 0 Å². The molecule has 4 heterocycles. The van der Waals surface area contributed by atoms with Gasteiger partial charge in [-0.05, 0) is 42.9 Å². The number of hydrogen-bond donors (Lipinski definition) is 3. The second-order valence-corrected chi connectivity index (χ2v) is 8.77. The second kappa shape index (κ2) is 10.5. The van der Waals surface area contributed by atoms with E-state index in [0.717, 1.165) is 68.9 Å². The van der Waals surface area contributed by atoms with Gasteiger partial charge in [-0.25, -0.2) is 9.97 Å². The average Bonchev–Trinajstić information content (AvgIpc) is 3.17. The lowest BCUT2D eigenvalue weighted by molar-refractivity contribution is -0.138. The summed E-state index contributed by atoms with van der Waals surface area (Å²) in [5.41, 5.74) is 3.14. The number of pyridine rings is 2. The molecule has 2 aliphatic rings. The summed E-state index contributed by atoms with van der Waals surface area (Å²) in [6, 6.07) is 7.71. The van der Waals surface area contributed by atoms with Crippen molar-refractivity contribution in [2.45, 2.75) is 43.6 Å². The number of nitrogens with one attached hydrogen (secondary N) is 1. The lowest BCUT2D eigenvalue weighted by Crippen LogP contribution is -2.38. The van der Waals surface area contributed by atoms with Gasteiger partial charge in [0.25, 0.3) is 0 Å². The van der Waals surface area contributed by atoms with Crippen LogP contribution in [0.4, 0.5) is 5.82 Å². The number of fused-ring (bicyclic) bond motifs is 1. The van der Waals surface area contributed by atoms with Gasteiger partial charge in [-0.2, -0.15) is 0 Å². The van der Waals surface area contributed by atoms with Gasteiger partial charge >= 0.3 is 5.97 Å². The van der Waals surface area contributed by atoms with E-state index in [-0.39, 0.29) is 18.0 Å². The van der Waals surface area contributed by atoms with Crippen LogP contribution in [0.3, 0.4) is 0 Å². The normalized spacial score (nSPS) is 19.9. The number of aryl methyl sites for hydroxylation is 2. The van der Waals surface area contributed by atoms with E-state index in [4.69, 9.17) is 22.3 Å². The van der Waals surface area contributed by atoms with Crippen molar-refractivity contribution in [2.75, 3.05) is 38.6 Å². The number of nitrogens with zero attached hydrogens (tertiary/aromatic N) is 4. The van der Waals surface area contributed by atoms with Crippen LogP contribution in [0.5, 0.6) is 5.88 Å². The van der Waals surface area contributed by atoms with Gasteiger partial charge in [-0.15, -0.1) is 12.6 Å². The van der Waals surface area contributed by atoms with Gasteiger partial charge in [0.2, 0.25) is 5.88 Å². The minimum Gasteiger partial charge on any atom is -0.481 e. The molecule has 0 amide bonds. The van der Waals surface area contributed by atoms with E-state index in [1.807, 2.05) is 6.07 Å². The second-order valence-electron chi connectivity index (χ2n) is 8.31. The Labute approximate surface area is 194 Å². The molecule has 1 fully saturated rings. The Balaban J connectivity index is 1.36. The predicted octanol–water partition coefficient (Wildman–Crippen LogP) is 2.82. The molecule has 8 nitrogen and oxygen atoms in total. The molecular weight excluding hydrogens is 426 g/mol. The van der Waals surface area contributed by atoms with Gasteiger partial charge in [0.1, 0.15) is 11.3 Å². The Morgan fingerprint density at radius 2 is 2.22 bits per heavy atom. The summed E-state index contributed by atoms with van der Waals surface area (Å²) in [5, 5.41) is 12.9. The number of carboxylic acids is 1. The van der Waals surface area contributed by atoms with Crippen LogP contribution in [0, 0.1) is 0 Å². The Kier molecular flexibility index (Phi) is 7.49. The maximum atomic E-state index is 11.6. The van der Waals surface area contributed by atoms with Crippen molar-refractivity contribution in [3.63, 3.8) is 0 Å². The highest BCUT2D eigenvalue weighted by Crippen LogP contribution is 2.32. The van der Waals surface area contributed by atoms with Crippen LogP contribution < -0.4 is 10.1 Å². The van der Waals surface area contributed by atoms with E-state index in [9.17, 15) is 9.90 Å². The first-order valence-electron chi connectivity index (χ1n) is 11.2. The van der Waals surface area contributed by atoms with Crippen LogP contribution in [-0.4, -0.2) is 69.6 Å². The van der Waals surface area contributed by atoms with Gasteiger partial charge in [0, 0.05) is 50.2 Å². The van der Waals surface area contributed by atoms with Crippen molar-refractivity contribution in [1.82, 2.24) is 19.8 Å². The fourth-order valence-corrected chi connectivity index (χ4v) is 5.01. The van der Waals surface area contributed by atoms with Crippen molar-refractivity contribution in [3.8, 4) is 5.88 Å². The highest BCUT2D eigenvalue weighted by atomic mass is 32.1. The van der Waals surface area contributed by atoms with E-state index < -0.39 is 5.97 Å². The minimum atomic E-state index is -0.836. The summed E-state index contributed by atoms with van der Waals surface area (Å²) in [5.74, 6) is 0.717. The number of carboxylic acid groups (broad SMARTS) is 1. The number of anilines is 1. The number of ether oxygens (including phenoxy) is 1. The molecule has 0 saturated carbocycles. The molecule has 32 heavy (non-hydrogen) atoms. The van der Waals surface area contributed by atoms with E-state index in [1.54, 1.807) is 19.4 Å². The number of aromatic nitrogens is 2. The number of aliphatic carboxylic acids is 1. The number of hydrogen-bond acceptors (Lipinski definition) is 8. The van der Waals surface area contributed by atoms with Crippen LogP contribution in [0.25, 0.3) is 0 Å². The fourth-order valence-electron chi connectivity index (χ4n) is 4.50. The van der Waals surface area contributed by atoms with Crippen LogP contribution in [-0.2, 0) is 17.6 Å². The lowest BCUT2D eigenvalue weighted by atomic mass is 10.0. The average molecular weight is 458 g/mol. The third-order valence-corrected chi connectivity index (χ3v) is 6.84. The molecule has 0 aromatic carbocycles. The third kappa shape index (κ3) is 5.33. The molecule has 2 aromatic heterocycles. The van der Waals surface area contributed by atoms with E-state index in [0.29, 0.717) is 5.88 Å². The van der Waals surface area contributed by atoms with Gasteiger partial charge in [-0.3, -0.25) is 14.6 Å². The topological polar surface area (TPSA) is 90.8 Å². The summed E-state index contributed by atoms with van der Waals surface area (Å²) < 4.78 is 5.13. The predicted molar refractivity (Wildman–Crippen MR) is 126 cm³/mol. The number of carbonyl (C=O) groups is 1. The zero-order valence-corrected chi connectivity index (χ0v) is 19.3. The first-order chi connectivity index (χ1) is 15.5. The largest absolute Gasteiger partial charge is 0.481 e. The molecule has 0 aliphatic carbocycles. The summed E-state index contributed by atoms with van der Waals surface area (Å²) >= 11 is 4.85. The first-order valence-corrected chi connectivity index (χ1v) is 11.7. The Morgan fingerprint density at radius 3 is 2.97 bits per heavy atom. The summed E-state index contributed by atoms with van der Waals surface area (Å²) in [6.07, 6.45) is 5.85. The molecule has 2 atom stereocenters. The van der Waals surface area contributed by atoms with Crippen LogP contribution >= 0.6 is 12.6 Å². The highest BCUT2D eigenvalue weighted by molar-refractivity contribution is 7.80. The van der Waals surface area contributed by atoms with Crippen LogP contribution in [0.1, 0.15) is 42.1 Å². The zero-order valence-electron chi connectivity index (χ0n) is 18.4. The first kappa shape index (κ1) is 22.8. The van der Waals surface area contributed by atoms with Crippen molar-refractivity contribution >= 4 is 24.4 Å².